The van der Waals surface area contributed by atoms with Gasteiger partial charge in [-0.3, -0.25) is 9.78 Å². The lowest BCUT2D eigenvalue weighted by Gasteiger charge is -2.10. The van der Waals surface area contributed by atoms with Gasteiger partial charge in [0.25, 0.3) is 5.91 Å². The number of hydrogen-bond donors (Lipinski definition) is 1. The van der Waals surface area contributed by atoms with E-state index in [2.05, 4.69) is 10.3 Å². The van der Waals surface area contributed by atoms with Crippen LogP contribution in [-0.4, -0.2) is 10.9 Å². The molecule has 0 radical (unpaired) electrons. The smallest absolute Gasteiger partial charge is 0.256 e. The molecule has 0 aliphatic heterocycles. The molecule has 1 amide bonds. The number of nitrogens with zero attached hydrogens (tertiary/aromatic N) is 1. The van der Waals surface area contributed by atoms with Gasteiger partial charge in [-0.25, -0.2) is 0 Å². The van der Waals surface area contributed by atoms with Crippen molar-refractivity contribution in [3.63, 3.8) is 0 Å². The SMILES string of the molecule is Cc1cnccc1C(=O)Nc1c(Cl)cccc1Cl. The van der Waals surface area contributed by atoms with E-state index in [-0.39, 0.29) is 5.91 Å². The molecule has 0 aliphatic carbocycles. The van der Waals surface area contributed by atoms with Crippen LogP contribution in [0.15, 0.2) is 36.7 Å². The van der Waals surface area contributed by atoms with Gasteiger partial charge in [-0.15, -0.1) is 0 Å². The van der Waals surface area contributed by atoms with Crippen LogP contribution in [0, 0.1) is 6.92 Å². The number of anilines is 1. The van der Waals surface area contributed by atoms with Crippen LogP contribution in [-0.2, 0) is 0 Å². The zero-order valence-electron chi connectivity index (χ0n) is 9.58. The number of nitrogens with one attached hydrogen (secondary N) is 1. The van der Waals surface area contributed by atoms with Crippen LogP contribution in [0.3, 0.4) is 0 Å². The number of benzene rings is 1. The summed E-state index contributed by atoms with van der Waals surface area (Å²) in [5.41, 5.74) is 1.75. The number of pyridine rings is 1. The molecule has 1 heterocycles. The van der Waals surface area contributed by atoms with E-state index in [1.54, 1.807) is 36.7 Å². The molecule has 0 aliphatic rings. The lowest BCUT2D eigenvalue weighted by atomic mass is 10.1. The van der Waals surface area contributed by atoms with E-state index >= 15 is 0 Å². The first-order chi connectivity index (χ1) is 8.59. The molecule has 2 rings (SSSR count). The van der Waals surface area contributed by atoms with E-state index in [0.29, 0.717) is 21.3 Å². The van der Waals surface area contributed by atoms with Crippen LogP contribution < -0.4 is 5.32 Å². The van der Waals surface area contributed by atoms with Crippen LogP contribution in [0.1, 0.15) is 15.9 Å². The van der Waals surface area contributed by atoms with Crippen molar-refractivity contribution in [2.75, 3.05) is 5.32 Å². The molecule has 1 aromatic heterocycles. The first-order valence-corrected chi connectivity index (χ1v) is 6.01. The average Bonchev–Trinajstić information content (AvgIpc) is 2.34. The Morgan fingerprint density at radius 1 is 1.22 bits per heavy atom. The van der Waals surface area contributed by atoms with Crippen molar-refractivity contribution < 1.29 is 4.79 Å². The number of carbonyl (C=O) groups excluding carboxylic acids is 1. The third-order valence-corrected chi connectivity index (χ3v) is 3.10. The molecule has 0 atom stereocenters. The lowest BCUT2D eigenvalue weighted by molar-refractivity contribution is 0.102. The third-order valence-electron chi connectivity index (χ3n) is 2.47. The number of amides is 1. The Hall–Kier alpha value is -1.58. The Morgan fingerprint density at radius 3 is 2.50 bits per heavy atom. The number of para-hydroxylation sites is 1. The molecule has 1 N–H and O–H groups in total. The summed E-state index contributed by atoms with van der Waals surface area (Å²) in [5, 5.41) is 3.52. The van der Waals surface area contributed by atoms with Crippen molar-refractivity contribution in [2.45, 2.75) is 6.92 Å². The third kappa shape index (κ3) is 2.63. The van der Waals surface area contributed by atoms with Crippen LogP contribution >= 0.6 is 23.2 Å². The largest absolute Gasteiger partial charge is 0.319 e. The number of halogens is 2. The van der Waals surface area contributed by atoms with Gasteiger partial charge in [-0.1, -0.05) is 29.3 Å². The van der Waals surface area contributed by atoms with E-state index in [0.717, 1.165) is 5.56 Å². The molecule has 18 heavy (non-hydrogen) atoms. The molecule has 3 nitrogen and oxygen atoms in total. The molecule has 92 valence electrons. The van der Waals surface area contributed by atoms with Gasteiger partial charge in [0.05, 0.1) is 15.7 Å². The monoisotopic (exact) mass is 280 g/mol. The van der Waals surface area contributed by atoms with E-state index in [1.807, 2.05) is 6.92 Å². The molecule has 1 aromatic carbocycles. The Kier molecular flexibility index (Phi) is 3.84. The summed E-state index contributed by atoms with van der Waals surface area (Å²) in [6.45, 7) is 1.82. The molecule has 0 saturated heterocycles. The summed E-state index contributed by atoms with van der Waals surface area (Å²) in [6, 6.07) is 6.71. The van der Waals surface area contributed by atoms with Crippen molar-refractivity contribution in [3.05, 3.63) is 57.8 Å². The second kappa shape index (κ2) is 5.38. The minimum Gasteiger partial charge on any atom is -0.319 e. The number of aryl methyl sites for hydroxylation is 1. The maximum Gasteiger partial charge on any atom is 0.256 e. The highest BCUT2D eigenvalue weighted by Crippen LogP contribution is 2.30. The van der Waals surface area contributed by atoms with Gasteiger partial charge in [0.15, 0.2) is 0 Å². The second-order valence-corrected chi connectivity index (χ2v) is 4.56. The van der Waals surface area contributed by atoms with Gasteiger partial charge >= 0.3 is 0 Å². The van der Waals surface area contributed by atoms with Crippen LogP contribution in [0.2, 0.25) is 10.0 Å². The minimum atomic E-state index is -0.259. The first kappa shape index (κ1) is 12.9. The zero-order chi connectivity index (χ0) is 13.1. The van der Waals surface area contributed by atoms with Gasteiger partial charge in [-0.2, -0.15) is 0 Å². The summed E-state index contributed by atoms with van der Waals surface area (Å²) < 4.78 is 0. The van der Waals surface area contributed by atoms with Gasteiger partial charge in [-0.05, 0) is 30.7 Å². The Bertz CT molecular complexity index is 579. The van der Waals surface area contributed by atoms with Gasteiger partial charge < -0.3 is 5.32 Å². The number of carbonyl (C=O) groups is 1. The van der Waals surface area contributed by atoms with Crippen molar-refractivity contribution in [3.8, 4) is 0 Å². The molecular weight excluding hydrogens is 271 g/mol. The van der Waals surface area contributed by atoms with Gasteiger partial charge in [0, 0.05) is 18.0 Å². The molecular formula is C13H10Cl2N2O. The van der Waals surface area contributed by atoms with Crippen molar-refractivity contribution in [1.29, 1.82) is 0 Å². The predicted octanol–water partition coefficient (Wildman–Crippen LogP) is 3.95. The molecule has 2 aromatic rings. The van der Waals surface area contributed by atoms with E-state index in [4.69, 9.17) is 23.2 Å². The number of rotatable bonds is 2. The van der Waals surface area contributed by atoms with Crippen LogP contribution in [0.5, 0.6) is 0 Å². The normalized spacial score (nSPS) is 10.2. The summed E-state index contributed by atoms with van der Waals surface area (Å²) in [5.74, 6) is -0.259. The number of hydrogen-bond acceptors (Lipinski definition) is 2. The van der Waals surface area contributed by atoms with E-state index in [1.165, 1.54) is 0 Å². The van der Waals surface area contributed by atoms with Crippen molar-refractivity contribution >= 4 is 34.8 Å². The molecule has 0 unspecified atom stereocenters. The standard InChI is InChI=1S/C13H10Cl2N2O/c1-8-7-16-6-5-9(8)13(18)17-12-10(14)3-2-4-11(12)15/h2-7H,1H3,(H,17,18). The fraction of sp³-hybridized carbons (Fsp3) is 0.0769. The second-order valence-electron chi connectivity index (χ2n) is 3.74. The van der Waals surface area contributed by atoms with E-state index in [9.17, 15) is 4.79 Å². The maximum absolute atomic E-state index is 12.1. The topological polar surface area (TPSA) is 42.0 Å². The fourth-order valence-electron chi connectivity index (χ4n) is 1.53. The van der Waals surface area contributed by atoms with Crippen molar-refractivity contribution in [1.82, 2.24) is 4.98 Å². The first-order valence-electron chi connectivity index (χ1n) is 5.25. The molecule has 0 saturated carbocycles. The Balaban J connectivity index is 2.30. The quantitative estimate of drug-likeness (QED) is 0.905. The maximum atomic E-state index is 12.1. The van der Waals surface area contributed by atoms with Gasteiger partial charge in [0.1, 0.15) is 0 Å². The number of aromatic nitrogens is 1. The molecule has 0 fully saturated rings. The molecule has 5 heteroatoms. The predicted molar refractivity (Wildman–Crippen MR) is 73.4 cm³/mol. The Labute approximate surface area is 115 Å². The van der Waals surface area contributed by atoms with Crippen LogP contribution in [0.25, 0.3) is 0 Å². The highest BCUT2D eigenvalue weighted by Gasteiger charge is 2.12. The Morgan fingerprint density at radius 2 is 1.89 bits per heavy atom. The fourth-order valence-corrected chi connectivity index (χ4v) is 2.02. The van der Waals surface area contributed by atoms with Crippen LogP contribution in [0.4, 0.5) is 5.69 Å². The van der Waals surface area contributed by atoms with Crippen molar-refractivity contribution in [2.24, 2.45) is 0 Å². The summed E-state index contributed by atoms with van der Waals surface area (Å²) in [7, 11) is 0. The summed E-state index contributed by atoms with van der Waals surface area (Å²) in [6.07, 6.45) is 3.19. The highest BCUT2D eigenvalue weighted by molar-refractivity contribution is 6.40. The molecule has 0 bridgehead atoms. The summed E-state index contributed by atoms with van der Waals surface area (Å²) >= 11 is 12.0. The van der Waals surface area contributed by atoms with E-state index < -0.39 is 0 Å². The lowest BCUT2D eigenvalue weighted by Crippen LogP contribution is -2.14. The average molecular weight is 281 g/mol. The highest BCUT2D eigenvalue weighted by atomic mass is 35.5. The molecule has 0 spiro atoms. The zero-order valence-corrected chi connectivity index (χ0v) is 11.1. The minimum absolute atomic E-state index is 0.259. The summed E-state index contributed by atoms with van der Waals surface area (Å²) in [4.78, 5) is 16.0. The van der Waals surface area contributed by atoms with Gasteiger partial charge in [0.2, 0.25) is 0 Å².